The summed E-state index contributed by atoms with van der Waals surface area (Å²) in [5, 5.41) is 3.39. The molecule has 0 atom stereocenters. The van der Waals surface area contributed by atoms with Crippen LogP contribution in [0.3, 0.4) is 0 Å². The lowest BCUT2D eigenvalue weighted by Gasteiger charge is -2.32. The van der Waals surface area contributed by atoms with Gasteiger partial charge < -0.3 is 10.2 Å². The van der Waals surface area contributed by atoms with Gasteiger partial charge in [-0.1, -0.05) is 33.1 Å². The molecule has 4 heteroatoms. The molecule has 0 unspecified atom stereocenters. The van der Waals surface area contributed by atoms with Crippen LogP contribution in [0.1, 0.15) is 51.6 Å². The second-order valence-electron chi connectivity index (χ2n) is 5.81. The smallest absolute Gasteiger partial charge is 0.147 e. The zero-order valence-corrected chi connectivity index (χ0v) is 12.4. The fourth-order valence-corrected chi connectivity index (χ4v) is 2.61. The van der Waals surface area contributed by atoms with Crippen LogP contribution < -0.4 is 10.2 Å². The lowest BCUT2D eigenvalue weighted by atomic mass is 9.94. The van der Waals surface area contributed by atoms with E-state index >= 15 is 0 Å². The number of hydrogen-bond donors (Lipinski definition) is 1. The van der Waals surface area contributed by atoms with E-state index in [4.69, 9.17) is 4.98 Å². The summed E-state index contributed by atoms with van der Waals surface area (Å²) < 4.78 is 0. The molecule has 1 aromatic rings. The summed E-state index contributed by atoms with van der Waals surface area (Å²) in [5.74, 6) is 1.01. The zero-order chi connectivity index (χ0) is 13.7. The highest BCUT2D eigenvalue weighted by Crippen LogP contribution is 2.24. The molecule has 1 heterocycles. The summed E-state index contributed by atoms with van der Waals surface area (Å²) in [7, 11) is 2.15. The van der Waals surface area contributed by atoms with E-state index in [0.717, 1.165) is 18.1 Å². The molecule has 0 spiro atoms. The Kier molecular flexibility index (Phi) is 5.14. The number of nitrogens with zero attached hydrogens (tertiary/aromatic N) is 3. The molecule has 4 nitrogen and oxygen atoms in total. The van der Waals surface area contributed by atoms with E-state index < -0.39 is 0 Å². The van der Waals surface area contributed by atoms with E-state index in [1.807, 2.05) is 12.4 Å². The van der Waals surface area contributed by atoms with Crippen molar-refractivity contribution in [3.8, 4) is 0 Å². The number of aromatic nitrogens is 2. The average Bonchev–Trinajstić information content (AvgIpc) is 2.45. The van der Waals surface area contributed by atoms with Crippen molar-refractivity contribution in [3.63, 3.8) is 0 Å². The Balaban J connectivity index is 2.00. The van der Waals surface area contributed by atoms with E-state index in [1.54, 1.807) is 0 Å². The normalized spacial score (nSPS) is 16.8. The maximum Gasteiger partial charge on any atom is 0.147 e. The van der Waals surface area contributed by atoms with E-state index in [9.17, 15) is 0 Å². The van der Waals surface area contributed by atoms with E-state index in [2.05, 4.69) is 36.1 Å². The second kappa shape index (κ2) is 6.85. The molecule has 106 valence electrons. The first kappa shape index (κ1) is 14.3. The fourth-order valence-electron chi connectivity index (χ4n) is 2.61. The first-order valence-corrected chi connectivity index (χ1v) is 7.44. The van der Waals surface area contributed by atoms with Crippen molar-refractivity contribution in [2.75, 3.05) is 11.9 Å². The first-order valence-electron chi connectivity index (χ1n) is 7.44. The van der Waals surface area contributed by atoms with E-state index in [1.165, 1.54) is 32.1 Å². The number of hydrogen-bond acceptors (Lipinski definition) is 4. The van der Waals surface area contributed by atoms with Gasteiger partial charge in [0.2, 0.25) is 0 Å². The van der Waals surface area contributed by atoms with Gasteiger partial charge in [-0.05, 0) is 12.8 Å². The van der Waals surface area contributed by atoms with Crippen molar-refractivity contribution >= 4 is 5.82 Å². The van der Waals surface area contributed by atoms with Crippen molar-refractivity contribution in [2.45, 2.75) is 64.6 Å². The van der Waals surface area contributed by atoms with Gasteiger partial charge in [0.05, 0.1) is 11.9 Å². The highest BCUT2D eigenvalue weighted by Gasteiger charge is 2.19. The van der Waals surface area contributed by atoms with Gasteiger partial charge in [0, 0.05) is 31.9 Å². The molecule has 1 N–H and O–H groups in total. The van der Waals surface area contributed by atoms with Crippen molar-refractivity contribution in [1.29, 1.82) is 0 Å². The van der Waals surface area contributed by atoms with Gasteiger partial charge >= 0.3 is 0 Å². The molecule has 1 aliphatic carbocycles. The topological polar surface area (TPSA) is 41.1 Å². The summed E-state index contributed by atoms with van der Waals surface area (Å²) in [6.45, 7) is 5.08. The van der Waals surface area contributed by atoms with E-state index in [0.29, 0.717) is 12.1 Å². The standard InChI is InChI=1S/C15H26N4/c1-12(2)17-10-13-9-16-11-15(18-13)19(3)14-7-5-4-6-8-14/h9,11-12,14,17H,4-8,10H2,1-3H3. The van der Waals surface area contributed by atoms with Crippen LogP contribution in [-0.2, 0) is 6.54 Å². The van der Waals surface area contributed by atoms with Crippen LogP contribution in [0.15, 0.2) is 12.4 Å². The third kappa shape index (κ3) is 4.16. The van der Waals surface area contributed by atoms with Gasteiger partial charge in [0.1, 0.15) is 5.82 Å². The predicted molar refractivity (Wildman–Crippen MR) is 79.3 cm³/mol. The summed E-state index contributed by atoms with van der Waals surface area (Å²) in [5.41, 5.74) is 1.02. The van der Waals surface area contributed by atoms with Gasteiger partial charge in [0.25, 0.3) is 0 Å². The molecular weight excluding hydrogens is 236 g/mol. The lowest BCUT2D eigenvalue weighted by molar-refractivity contribution is 0.425. The van der Waals surface area contributed by atoms with Crippen LogP contribution in [0.4, 0.5) is 5.82 Å². The molecule has 0 aliphatic heterocycles. The molecule has 0 amide bonds. The number of nitrogens with one attached hydrogen (secondary N) is 1. The fraction of sp³-hybridized carbons (Fsp3) is 0.733. The SMILES string of the molecule is CC(C)NCc1cncc(N(C)C2CCCCC2)n1. The molecule has 1 aromatic heterocycles. The van der Waals surface area contributed by atoms with Crippen LogP contribution in [0, 0.1) is 0 Å². The van der Waals surface area contributed by atoms with Gasteiger partial charge in [-0.3, -0.25) is 4.98 Å². The largest absolute Gasteiger partial charge is 0.355 e. The van der Waals surface area contributed by atoms with Crippen molar-refractivity contribution in [3.05, 3.63) is 18.1 Å². The van der Waals surface area contributed by atoms with Crippen LogP contribution in [-0.4, -0.2) is 29.1 Å². The first-order chi connectivity index (χ1) is 9.16. The van der Waals surface area contributed by atoms with Gasteiger partial charge in [-0.25, -0.2) is 4.98 Å². The molecule has 19 heavy (non-hydrogen) atoms. The Hall–Kier alpha value is -1.16. The van der Waals surface area contributed by atoms with E-state index in [-0.39, 0.29) is 0 Å². The third-order valence-electron chi connectivity index (χ3n) is 3.85. The number of anilines is 1. The molecular formula is C15H26N4. The van der Waals surface area contributed by atoms with Crippen molar-refractivity contribution in [2.24, 2.45) is 0 Å². The Morgan fingerprint density at radius 2 is 2.00 bits per heavy atom. The molecule has 1 saturated carbocycles. The maximum absolute atomic E-state index is 4.72. The highest BCUT2D eigenvalue weighted by molar-refractivity contribution is 5.36. The molecule has 0 saturated heterocycles. The van der Waals surface area contributed by atoms with Crippen LogP contribution in [0.5, 0.6) is 0 Å². The highest BCUT2D eigenvalue weighted by atomic mass is 15.2. The Morgan fingerprint density at radius 3 is 2.68 bits per heavy atom. The molecule has 1 fully saturated rings. The predicted octanol–water partition coefficient (Wildman–Crippen LogP) is 2.74. The minimum absolute atomic E-state index is 0.474. The average molecular weight is 262 g/mol. The van der Waals surface area contributed by atoms with Crippen molar-refractivity contribution < 1.29 is 0 Å². The summed E-state index contributed by atoms with van der Waals surface area (Å²) in [6.07, 6.45) is 10.4. The molecule has 2 rings (SSSR count). The monoisotopic (exact) mass is 262 g/mol. The Morgan fingerprint density at radius 1 is 1.26 bits per heavy atom. The second-order valence-corrected chi connectivity index (χ2v) is 5.81. The van der Waals surface area contributed by atoms with Gasteiger partial charge in [0.15, 0.2) is 0 Å². The molecule has 0 radical (unpaired) electrons. The molecule has 1 aliphatic rings. The van der Waals surface area contributed by atoms with Crippen LogP contribution >= 0.6 is 0 Å². The van der Waals surface area contributed by atoms with Gasteiger partial charge in [-0.15, -0.1) is 0 Å². The Bertz CT molecular complexity index is 385. The quantitative estimate of drug-likeness (QED) is 0.886. The van der Waals surface area contributed by atoms with Crippen molar-refractivity contribution in [1.82, 2.24) is 15.3 Å². The lowest BCUT2D eigenvalue weighted by Crippen LogP contribution is -2.34. The summed E-state index contributed by atoms with van der Waals surface area (Å²) in [6, 6.07) is 1.11. The summed E-state index contributed by atoms with van der Waals surface area (Å²) >= 11 is 0. The molecule has 0 aromatic carbocycles. The third-order valence-corrected chi connectivity index (χ3v) is 3.85. The Labute approximate surface area is 116 Å². The minimum Gasteiger partial charge on any atom is -0.355 e. The number of rotatable bonds is 5. The molecule has 0 bridgehead atoms. The van der Waals surface area contributed by atoms with Crippen LogP contribution in [0.25, 0.3) is 0 Å². The maximum atomic E-state index is 4.72. The minimum atomic E-state index is 0.474. The zero-order valence-electron chi connectivity index (χ0n) is 12.4. The summed E-state index contributed by atoms with van der Waals surface area (Å²) in [4.78, 5) is 11.4. The van der Waals surface area contributed by atoms with Crippen LogP contribution in [0.2, 0.25) is 0 Å². The van der Waals surface area contributed by atoms with Gasteiger partial charge in [-0.2, -0.15) is 0 Å².